The second kappa shape index (κ2) is 6.02. The summed E-state index contributed by atoms with van der Waals surface area (Å²) in [7, 11) is 0. The van der Waals surface area contributed by atoms with E-state index in [1.54, 1.807) is 12.1 Å². The average Bonchev–Trinajstić information content (AvgIpc) is 2.98. The Morgan fingerprint density at radius 2 is 2.10 bits per heavy atom. The average molecular weight is 281 g/mol. The lowest BCUT2D eigenvalue weighted by Crippen LogP contribution is -2.22. The van der Waals surface area contributed by atoms with Gasteiger partial charge in [0.1, 0.15) is 11.9 Å². The number of aromatic nitrogens is 1. The number of halogens is 1. The van der Waals surface area contributed by atoms with Crippen molar-refractivity contribution in [3.63, 3.8) is 0 Å². The van der Waals surface area contributed by atoms with E-state index in [9.17, 15) is 4.39 Å². The number of nitrogens with zero attached hydrogens (tertiary/aromatic N) is 3. The molecule has 0 saturated carbocycles. The molecule has 0 N–H and O–H groups in total. The highest BCUT2D eigenvalue weighted by molar-refractivity contribution is 5.34. The van der Waals surface area contributed by atoms with E-state index in [4.69, 9.17) is 5.26 Å². The molecule has 0 radical (unpaired) electrons. The number of nitriles is 1. The van der Waals surface area contributed by atoms with Gasteiger partial charge in [-0.25, -0.2) is 4.39 Å². The number of hydrogen-bond donors (Lipinski definition) is 0. The Kier molecular flexibility index (Phi) is 3.94. The molecule has 0 bridgehead atoms. The van der Waals surface area contributed by atoms with Gasteiger partial charge in [-0.3, -0.25) is 9.88 Å². The standard InChI is InChI=1S/C17H16FN3/c18-16-4-3-13(10-15(16)11-19)12-21-9-1-2-17(21)14-5-7-20-8-6-14/h3-8,10,17H,1-2,9,12H2. The molecular formula is C17H16FN3. The molecule has 2 aromatic rings. The lowest BCUT2D eigenvalue weighted by Gasteiger charge is -2.24. The van der Waals surface area contributed by atoms with Gasteiger partial charge in [0.15, 0.2) is 0 Å². The van der Waals surface area contributed by atoms with Crippen LogP contribution in [0.15, 0.2) is 42.7 Å². The number of pyridine rings is 1. The van der Waals surface area contributed by atoms with Crippen LogP contribution >= 0.6 is 0 Å². The summed E-state index contributed by atoms with van der Waals surface area (Å²) in [4.78, 5) is 6.44. The molecule has 0 aliphatic carbocycles. The van der Waals surface area contributed by atoms with E-state index in [0.717, 1.165) is 31.5 Å². The normalized spacial score (nSPS) is 18.6. The summed E-state index contributed by atoms with van der Waals surface area (Å²) >= 11 is 0. The Balaban J connectivity index is 1.79. The van der Waals surface area contributed by atoms with Crippen LogP contribution in [0.5, 0.6) is 0 Å². The Morgan fingerprint density at radius 3 is 2.86 bits per heavy atom. The molecule has 0 spiro atoms. The summed E-state index contributed by atoms with van der Waals surface area (Å²) in [6.45, 7) is 1.76. The van der Waals surface area contributed by atoms with Gasteiger partial charge in [-0.05, 0) is 54.8 Å². The van der Waals surface area contributed by atoms with Crippen molar-refractivity contribution in [1.29, 1.82) is 5.26 Å². The number of rotatable bonds is 3. The van der Waals surface area contributed by atoms with Gasteiger partial charge in [0.05, 0.1) is 5.56 Å². The van der Waals surface area contributed by atoms with Crippen molar-refractivity contribution in [3.8, 4) is 6.07 Å². The Morgan fingerprint density at radius 1 is 1.29 bits per heavy atom. The van der Waals surface area contributed by atoms with Crippen LogP contribution in [-0.4, -0.2) is 16.4 Å². The van der Waals surface area contributed by atoms with Gasteiger partial charge < -0.3 is 0 Å². The molecule has 1 unspecified atom stereocenters. The zero-order valence-corrected chi connectivity index (χ0v) is 11.7. The Labute approximate surface area is 123 Å². The number of hydrogen-bond acceptors (Lipinski definition) is 3. The zero-order chi connectivity index (χ0) is 14.7. The smallest absolute Gasteiger partial charge is 0.140 e. The van der Waals surface area contributed by atoms with Crippen LogP contribution in [0.4, 0.5) is 4.39 Å². The van der Waals surface area contributed by atoms with E-state index in [-0.39, 0.29) is 5.56 Å². The number of benzene rings is 1. The first-order valence-electron chi connectivity index (χ1n) is 7.10. The molecular weight excluding hydrogens is 265 g/mol. The summed E-state index contributed by atoms with van der Waals surface area (Å²) in [5.74, 6) is -0.451. The quantitative estimate of drug-likeness (QED) is 0.865. The van der Waals surface area contributed by atoms with Gasteiger partial charge in [0.25, 0.3) is 0 Å². The van der Waals surface area contributed by atoms with Crippen LogP contribution in [0.2, 0.25) is 0 Å². The summed E-state index contributed by atoms with van der Waals surface area (Å²) in [5, 5.41) is 8.92. The van der Waals surface area contributed by atoms with Gasteiger partial charge in [-0.15, -0.1) is 0 Å². The maximum atomic E-state index is 13.4. The lowest BCUT2D eigenvalue weighted by atomic mass is 10.1. The van der Waals surface area contributed by atoms with Gasteiger partial charge >= 0.3 is 0 Å². The lowest BCUT2D eigenvalue weighted by molar-refractivity contribution is 0.248. The predicted molar refractivity (Wildman–Crippen MR) is 77.7 cm³/mol. The molecule has 1 aromatic heterocycles. The Bertz CT molecular complexity index is 663. The van der Waals surface area contributed by atoms with Gasteiger partial charge in [0, 0.05) is 25.0 Å². The van der Waals surface area contributed by atoms with Crippen molar-refractivity contribution < 1.29 is 4.39 Å². The third kappa shape index (κ3) is 2.93. The SMILES string of the molecule is N#Cc1cc(CN2CCCC2c2ccncc2)ccc1F. The minimum atomic E-state index is -0.451. The monoisotopic (exact) mass is 281 g/mol. The number of likely N-dealkylation sites (tertiary alicyclic amines) is 1. The second-order valence-corrected chi connectivity index (χ2v) is 5.34. The third-order valence-electron chi connectivity index (χ3n) is 3.99. The third-order valence-corrected chi connectivity index (χ3v) is 3.99. The molecule has 4 heteroatoms. The van der Waals surface area contributed by atoms with Crippen molar-refractivity contribution in [2.45, 2.75) is 25.4 Å². The highest BCUT2D eigenvalue weighted by Gasteiger charge is 2.25. The molecule has 3 nitrogen and oxygen atoms in total. The summed E-state index contributed by atoms with van der Waals surface area (Å²) in [6, 6.07) is 11.2. The van der Waals surface area contributed by atoms with E-state index >= 15 is 0 Å². The fourth-order valence-electron chi connectivity index (χ4n) is 2.97. The van der Waals surface area contributed by atoms with Crippen molar-refractivity contribution in [3.05, 3.63) is 65.2 Å². The molecule has 3 rings (SSSR count). The Hall–Kier alpha value is -2.25. The van der Waals surface area contributed by atoms with E-state index in [1.807, 2.05) is 30.6 Å². The molecule has 0 amide bonds. The van der Waals surface area contributed by atoms with E-state index in [2.05, 4.69) is 9.88 Å². The largest absolute Gasteiger partial charge is 0.292 e. The van der Waals surface area contributed by atoms with Crippen LogP contribution in [0, 0.1) is 17.1 Å². The van der Waals surface area contributed by atoms with Crippen molar-refractivity contribution in [1.82, 2.24) is 9.88 Å². The highest BCUT2D eigenvalue weighted by atomic mass is 19.1. The molecule has 1 fully saturated rings. The van der Waals surface area contributed by atoms with Crippen LogP contribution < -0.4 is 0 Å². The topological polar surface area (TPSA) is 39.9 Å². The molecule has 1 saturated heterocycles. The minimum Gasteiger partial charge on any atom is -0.292 e. The maximum absolute atomic E-state index is 13.4. The molecule has 1 atom stereocenters. The first kappa shape index (κ1) is 13.7. The van der Waals surface area contributed by atoms with Crippen LogP contribution in [0.1, 0.15) is 35.6 Å². The van der Waals surface area contributed by atoms with Crippen molar-refractivity contribution >= 4 is 0 Å². The van der Waals surface area contributed by atoms with Crippen LogP contribution in [0.25, 0.3) is 0 Å². The zero-order valence-electron chi connectivity index (χ0n) is 11.7. The first-order valence-corrected chi connectivity index (χ1v) is 7.10. The van der Waals surface area contributed by atoms with Crippen LogP contribution in [-0.2, 0) is 6.54 Å². The molecule has 1 aliphatic heterocycles. The van der Waals surface area contributed by atoms with Gasteiger partial charge in [-0.1, -0.05) is 6.07 Å². The van der Waals surface area contributed by atoms with Gasteiger partial charge in [0.2, 0.25) is 0 Å². The fourth-order valence-corrected chi connectivity index (χ4v) is 2.97. The maximum Gasteiger partial charge on any atom is 0.140 e. The molecule has 106 valence electrons. The predicted octanol–water partition coefficient (Wildman–Crippen LogP) is 3.43. The fraction of sp³-hybridized carbons (Fsp3) is 0.294. The van der Waals surface area contributed by atoms with E-state index < -0.39 is 5.82 Å². The second-order valence-electron chi connectivity index (χ2n) is 5.34. The molecule has 21 heavy (non-hydrogen) atoms. The summed E-state index contributed by atoms with van der Waals surface area (Å²) in [5.41, 5.74) is 2.37. The van der Waals surface area contributed by atoms with Gasteiger partial charge in [-0.2, -0.15) is 5.26 Å². The summed E-state index contributed by atoms with van der Waals surface area (Å²) < 4.78 is 13.4. The van der Waals surface area contributed by atoms with E-state index in [0.29, 0.717) is 6.04 Å². The molecule has 1 aromatic carbocycles. The first-order chi connectivity index (χ1) is 10.3. The van der Waals surface area contributed by atoms with Crippen LogP contribution in [0.3, 0.4) is 0 Å². The van der Waals surface area contributed by atoms with Crippen molar-refractivity contribution in [2.75, 3.05) is 6.54 Å². The van der Waals surface area contributed by atoms with E-state index in [1.165, 1.54) is 11.6 Å². The van der Waals surface area contributed by atoms with Crippen molar-refractivity contribution in [2.24, 2.45) is 0 Å². The minimum absolute atomic E-state index is 0.118. The molecule has 1 aliphatic rings. The summed E-state index contributed by atoms with van der Waals surface area (Å²) in [6.07, 6.45) is 5.91. The molecule has 2 heterocycles. The highest BCUT2D eigenvalue weighted by Crippen LogP contribution is 2.32.